The quantitative estimate of drug-likeness (QED) is 0.601. The fourth-order valence-corrected chi connectivity index (χ4v) is 2.13. The topological polar surface area (TPSA) is 77.3 Å². The van der Waals surface area contributed by atoms with E-state index in [0.29, 0.717) is 5.56 Å². The van der Waals surface area contributed by atoms with E-state index in [9.17, 15) is 18.5 Å². The highest BCUT2D eigenvalue weighted by Crippen LogP contribution is 2.27. The van der Waals surface area contributed by atoms with Gasteiger partial charge < -0.3 is 0 Å². The van der Waals surface area contributed by atoms with Gasteiger partial charge in [-0.05, 0) is 25.0 Å². The molecule has 0 N–H and O–H groups in total. The van der Waals surface area contributed by atoms with E-state index in [1.54, 1.807) is 13.0 Å². The van der Waals surface area contributed by atoms with E-state index in [-0.39, 0.29) is 5.69 Å². The standard InChI is InChI=1S/C10H13NO4S/c1-7-4-5-9(11(12)13)6-10(7)8(2)16(3,14)15/h4-6,8H,1-3H3. The molecule has 0 radical (unpaired) electrons. The first-order valence-corrected chi connectivity index (χ1v) is 6.62. The highest BCUT2D eigenvalue weighted by atomic mass is 32.2. The Kier molecular flexibility index (Phi) is 3.32. The number of hydrogen-bond donors (Lipinski definition) is 0. The minimum absolute atomic E-state index is 0.0869. The zero-order chi connectivity index (χ0) is 12.5. The van der Waals surface area contributed by atoms with Gasteiger partial charge in [0, 0.05) is 18.4 Å². The number of hydrogen-bond acceptors (Lipinski definition) is 4. The second-order valence-electron chi connectivity index (χ2n) is 3.77. The Balaban J connectivity index is 3.33. The van der Waals surface area contributed by atoms with Crippen LogP contribution >= 0.6 is 0 Å². The molecule has 0 fully saturated rings. The first kappa shape index (κ1) is 12.6. The molecule has 0 aromatic heterocycles. The largest absolute Gasteiger partial charge is 0.269 e. The average molecular weight is 243 g/mol. The molecule has 0 aliphatic heterocycles. The van der Waals surface area contributed by atoms with Crippen molar-refractivity contribution in [2.45, 2.75) is 19.1 Å². The summed E-state index contributed by atoms with van der Waals surface area (Å²) in [6, 6.07) is 4.25. The Morgan fingerprint density at radius 2 is 1.94 bits per heavy atom. The lowest BCUT2D eigenvalue weighted by molar-refractivity contribution is -0.384. The van der Waals surface area contributed by atoms with Crippen molar-refractivity contribution in [2.75, 3.05) is 6.26 Å². The smallest absolute Gasteiger partial charge is 0.258 e. The number of nitrogens with zero attached hydrogens (tertiary/aromatic N) is 1. The molecule has 0 aliphatic rings. The van der Waals surface area contributed by atoms with Crippen molar-refractivity contribution in [3.8, 4) is 0 Å². The summed E-state index contributed by atoms with van der Waals surface area (Å²) >= 11 is 0. The lowest BCUT2D eigenvalue weighted by Gasteiger charge is -2.12. The summed E-state index contributed by atoms with van der Waals surface area (Å²) in [5, 5.41) is 9.86. The predicted octanol–water partition coefficient (Wildman–Crippen LogP) is 2.01. The van der Waals surface area contributed by atoms with Gasteiger partial charge in [-0.3, -0.25) is 10.1 Å². The first-order chi connectivity index (χ1) is 7.23. The second-order valence-corrected chi connectivity index (χ2v) is 6.14. The summed E-state index contributed by atoms with van der Waals surface area (Å²) in [6.07, 6.45) is 1.12. The molecule has 16 heavy (non-hydrogen) atoms. The zero-order valence-corrected chi connectivity index (χ0v) is 10.1. The highest BCUT2D eigenvalue weighted by Gasteiger charge is 2.21. The average Bonchev–Trinajstić information content (AvgIpc) is 2.15. The van der Waals surface area contributed by atoms with E-state index in [2.05, 4.69) is 0 Å². The lowest BCUT2D eigenvalue weighted by atomic mass is 10.1. The number of nitro benzene ring substituents is 1. The monoisotopic (exact) mass is 243 g/mol. The summed E-state index contributed by atoms with van der Waals surface area (Å²) in [7, 11) is -3.24. The SMILES string of the molecule is Cc1ccc([N+](=O)[O-])cc1C(C)S(C)(=O)=O. The minimum atomic E-state index is -3.24. The Morgan fingerprint density at radius 1 is 1.38 bits per heavy atom. The molecule has 1 rings (SSSR count). The van der Waals surface area contributed by atoms with Crippen LogP contribution in [0.15, 0.2) is 18.2 Å². The third kappa shape index (κ3) is 2.57. The molecule has 0 aliphatic carbocycles. The van der Waals surface area contributed by atoms with E-state index in [0.717, 1.165) is 11.8 Å². The van der Waals surface area contributed by atoms with Crippen LogP contribution in [0.5, 0.6) is 0 Å². The van der Waals surface area contributed by atoms with Crippen molar-refractivity contribution in [1.29, 1.82) is 0 Å². The molecule has 0 amide bonds. The molecule has 88 valence electrons. The molecule has 5 nitrogen and oxygen atoms in total. The molecule has 0 saturated heterocycles. The Hall–Kier alpha value is -1.43. The minimum Gasteiger partial charge on any atom is -0.258 e. The number of rotatable bonds is 3. The van der Waals surface area contributed by atoms with Gasteiger partial charge in [-0.15, -0.1) is 0 Å². The van der Waals surface area contributed by atoms with Gasteiger partial charge in [0.2, 0.25) is 0 Å². The van der Waals surface area contributed by atoms with Crippen molar-refractivity contribution < 1.29 is 13.3 Å². The molecule has 0 saturated carbocycles. The van der Waals surface area contributed by atoms with Crippen LogP contribution in [-0.2, 0) is 9.84 Å². The number of aryl methyl sites for hydroxylation is 1. The third-order valence-corrected chi connectivity index (χ3v) is 4.09. The van der Waals surface area contributed by atoms with Gasteiger partial charge >= 0.3 is 0 Å². The van der Waals surface area contributed by atoms with Crippen molar-refractivity contribution in [3.05, 3.63) is 39.4 Å². The Bertz CT molecular complexity index is 522. The van der Waals surface area contributed by atoms with Gasteiger partial charge in [0.15, 0.2) is 9.84 Å². The molecule has 1 unspecified atom stereocenters. The maximum atomic E-state index is 11.4. The fourth-order valence-electron chi connectivity index (χ4n) is 1.41. The Labute approximate surface area is 94.2 Å². The van der Waals surface area contributed by atoms with Gasteiger partial charge in [0.05, 0.1) is 10.2 Å². The van der Waals surface area contributed by atoms with Crippen molar-refractivity contribution in [3.63, 3.8) is 0 Å². The summed E-state index contributed by atoms with van der Waals surface area (Å²) < 4.78 is 22.8. The van der Waals surface area contributed by atoms with Crippen molar-refractivity contribution >= 4 is 15.5 Å². The van der Waals surface area contributed by atoms with Crippen LogP contribution in [0.2, 0.25) is 0 Å². The van der Waals surface area contributed by atoms with E-state index in [4.69, 9.17) is 0 Å². The van der Waals surface area contributed by atoms with E-state index in [1.165, 1.54) is 19.1 Å². The highest BCUT2D eigenvalue weighted by molar-refractivity contribution is 7.90. The van der Waals surface area contributed by atoms with E-state index in [1.807, 2.05) is 0 Å². The molecule has 0 spiro atoms. The molecule has 1 aromatic rings. The zero-order valence-electron chi connectivity index (χ0n) is 9.30. The molecule has 1 aromatic carbocycles. The molecule has 1 atom stereocenters. The summed E-state index contributed by atoms with van der Waals surface area (Å²) in [4.78, 5) is 10.1. The lowest BCUT2D eigenvalue weighted by Crippen LogP contribution is -2.09. The first-order valence-electron chi connectivity index (χ1n) is 4.67. The van der Waals surface area contributed by atoms with E-state index < -0.39 is 20.0 Å². The van der Waals surface area contributed by atoms with Gasteiger partial charge in [0.1, 0.15) is 0 Å². The molecule has 0 heterocycles. The van der Waals surface area contributed by atoms with Crippen LogP contribution < -0.4 is 0 Å². The van der Waals surface area contributed by atoms with Crippen molar-refractivity contribution in [2.24, 2.45) is 0 Å². The second kappa shape index (κ2) is 4.21. The van der Waals surface area contributed by atoms with E-state index >= 15 is 0 Å². The molecular weight excluding hydrogens is 230 g/mol. The van der Waals surface area contributed by atoms with Gasteiger partial charge in [-0.25, -0.2) is 8.42 Å². The van der Waals surface area contributed by atoms with Crippen molar-refractivity contribution in [1.82, 2.24) is 0 Å². The molecule has 0 bridgehead atoms. The molecule has 6 heteroatoms. The summed E-state index contributed by atoms with van der Waals surface area (Å²) in [5.41, 5.74) is 1.14. The predicted molar refractivity (Wildman–Crippen MR) is 61.1 cm³/mol. The van der Waals surface area contributed by atoms with Crippen LogP contribution in [0.4, 0.5) is 5.69 Å². The fraction of sp³-hybridized carbons (Fsp3) is 0.400. The van der Waals surface area contributed by atoms with Crippen LogP contribution in [0.3, 0.4) is 0 Å². The van der Waals surface area contributed by atoms with Crippen LogP contribution in [-0.4, -0.2) is 19.6 Å². The molecular formula is C10H13NO4S. The summed E-state index contributed by atoms with van der Waals surface area (Å²) in [5.74, 6) is 0. The number of benzene rings is 1. The van der Waals surface area contributed by atoms with Crippen LogP contribution in [0.1, 0.15) is 23.3 Å². The van der Waals surface area contributed by atoms with Gasteiger partial charge in [-0.2, -0.15) is 0 Å². The van der Waals surface area contributed by atoms with Crippen LogP contribution in [0.25, 0.3) is 0 Å². The number of sulfone groups is 1. The normalized spacial score (nSPS) is 13.4. The van der Waals surface area contributed by atoms with Gasteiger partial charge in [0.25, 0.3) is 5.69 Å². The number of non-ortho nitro benzene ring substituents is 1. The maximum Gasteiger partial charge on any atom is 0.269 e. The third-order valence-electron chi connectivity index (χ3n) is 2.55. The summed E-state index contributed by atoms with van der Waals surface area (Å²) in [6.45, 7) is 3.27. The maximum absolute atomic E-state index is 11.4. The Morgan fingerprint density at radius 3 is 2.38 bits per heavy atom. The van der Waals surface area contributed by atoms with Crippen LogP contribution in [0, 0.1) is 17.0 Å². The number of nitro groups is 1. The van der Waals surface area contributed by atoms with Gasteiger partial charge in [-0.1, -0.05) is 6.07 Å².